The number of hydrogen-bond acceptors (Lipinski definition) is 18. The Morgan fingerprint density at radius 1 is 0.566 bits per heavy atom. The van der Waals surface area contributed by atoms with Crippen molar-refractivity contribution in [1.82, 2.24) is 67.6 Å². The lowest BCUT2D eigenvalue weighted by molar-refractivity contribution is -0.137. The number of allylic oxidation sites excluding steroid dienone is 1. The minimum atomic E-state index is -1.47. The van der Waals surface area contributed by atoms with Gasteiger partial charge in [0.05, 0.1) is 47.7 Å². The number of piperidine rings is 2. The van der Waals surface area contributed by atoms with Gasteiger partial charge in [0, 0.05) is 141 Å². The van der Waals surface area contributed by atoms with Crippen molar-refractivity contribution in [2.24, 2.45) is 41.1 Å². The number of likely N-dealkylation sites (tertiary alicyclic amines) is 2. The number of unbranched alkanes of at least 4 members (excludes halogenated alkanes) is 2. The predicted octanol–water partition coefficient (Wildman–Crippen LogP) is 10.1. The summed E-state index contributed by atoms with van der Waals surface area (Å²) < 4.78 is 14.6. The molecule has 0 radical (unpaired) electrons. The number of thioether (sulfide) groups is 2. The van der Waals surface area contributed by atoms with Gasteiger partial charge in [-0.05, 0) is 253 Å². The molecule has 0 saturated carbocycles. The standard InChI is InChI=1S/C106H137FN16O11S2/c1-65(124)82-55-96(127)86(31-12-15-41-108)118-102(131)74(50-75-56-114-85-30-11-10-27-79(75)85)54-95(126)90(48-67-23-8-5-9-24-67)120-101(130)73(45-66-21-6-4-7-22-66)53-94(125)87(34-20-44-113-106(109)110)119-105(134)89(32-14-17-43-112-104(133)91(121-103(82)132)49-68-35-39-77(107)40-36-68)116-58-78(117-98(129)64-136-62-70-47-84-81-29-19-33-88-100(81)76(57-115-88)52-93(84)123(3)60-70)26-13-16-42-111-97(128)63-135-61-69-46-83-80-28-18-25-71-37-38-72(99(71)80)51-92(83)122(2)59-69/h4-11,18-19,21-25,27-30,33,35-36,38-40,56-57,65,69-70,73-74,78,82-84,86-87,89-93,114-116,124H,12-17,20,26,31-32,34,37,41-55,58-64,108H2,1-3H3,(H,111,128)(H,112,133)(H,117,129)(H,118,131)(H,119,134)(H,120,130)(H,121,132)(H4,109,110,113)/t65-,69-,70-,73-,74+,78+,82+,83-,84-,86+,87+,89-,90+,91+,92-,93-/m1/s1. The second kappa shape index (κ2) is 49.4. The fraction of sp³-hybridized carbons (Fsp3) is 0.500. The van der Waals surface area contributed by atoms with Crippen LogP contribution in [0.25, 0.3) is 27.4 Å². The number of aromatic amines is 2. The van der Waals surface area contributed by atoms with Crippen LogP contribution in [0.3, 0.4) is 0 Å². The zero-order chi connectivity index (χ0) is 95.7. The fourth-order valence-electron chi connectivity index (χ4n) is 21.5. The van der Waals surface area contributed by atoms with Crippen molar-refractivity contribution in [3.05, 3.63) is 220 Å². The highest BCUT2D eigenvalue weighted by atomic mass is 32.2. The van der Waals surface area contributed by atoms with Gasteiger partial charge < -0.3 is 84.2 Å². The molecule has 8 aromatic rings. The number of benzene rings is 6. The molecule has 7 amide bonds. The number of fused-ring (bicyclic) bond motifs is 5. The minimum Gasteiger partial charge on any atom is -0.393 e. The van der Waals surface area contributed by atoms with Crippen molar-refractivity contribution >= 4 is 116 Å². The molecule has 14 rings (SSSR count). The smallest absolute Gasteiger partial charge is 0.242 e. The van der Waals surface area contributed by atoms with E-state index in [1.807, 2.05) is 72.8 Å². The van der Waals surface area contributed by atoms with Crippen LogP contribution >= 0.6 is 23.5 Å². The summed E-state index contributed by atoms with van der Waals surface area (Å²) in [6.45, 7) is 4.11. The fourth-order valence-corrected chi connectivity index (χ4v) is 23.4. The second-order valence-corrected chi connectivity index (χ2v) is 40.7. The Labute approximate surface area is 806 Å². The topological polar surface area (TPSA) is 413 Å². The number of aliphatic hydroxyl groups is 1. The summed E-state index contributed by atoms with van der Waals surface area (Å²) in [6.07, 6.45) is 11.7. The monoisotopic (exact) mass is 1890 g/mol. The number of ketones is 3. The molecule has 5 heterocycles. The maximum Gasteiger partial charge on any atom is 0.242 e. The number of rotatable bonds is 34. The summed E-state index contributed by atoms with van der Waals surface area (Å²) in [5.41, 5.74) is 24.8. The number of aromatic nitrogens is 2. The van der Waals surface area contributed by atoms with Gasteiger partial charge in [-0.3, -0.25) is 53.4 Å². The number of H-pyrrole nitrogens is 2. The first-order chi connectivity index (χ1) is 65.9. The Hall–Kier alpha value is -10.9. The van der Waals surface area contributed by atoms with E-state index in [0.29, 0.717) is 102 Å². The summed E-state index contributed by atoms with van der Waals surface area (Å²) in [7, 11) is 4.45. The average molecular weight is 1890 g/mol. The van der Waals surface area contributed by atoms with Crippen molar-refractivity contribution in [1.29, 1.82) is 5.41 Å². The minimum absolute atomic E-state index is 0.0153. The normalized spacial score (nSPS) is 24.7. The van der Waals surface area contributed by atoms with Crippen molar-refractivity contribution in [3.63, 3.8) is 0 Å². The van der Waals surface area contributed by atoms with E-state index in [9.17, 15) is 28.7 Å². The molecule has 27 nitrogen and oxygen atoms in total. The molecular weight excluding hydrogens is 1760 g/mol. The molecule has 16 atom stereocenters. The van der Waals surface area contributed by atoms with Crippen LogP contribution in [-0.2, 0) is 86.5 Å². The van der Waals surface area contributed by atoms with Gasteiger partial charge in [0.2, 0.25) is 41.4 Å². The van der Waals surface area contributed by atoms with Crippen LogP contribution in [0.4, 0.5) is 4.39 Å². The molecule has 6 aromatic carbocycles. The van der Waals surface area contributed by atoms with E-state index in [0.717, 1.165) is 73.1 Å². The Balaban J connectivity index is 0.732. The van der Waals surface area contributed by atoms with E-state index in [-0.39, 0.29) is 114 Å². The lowest BCUT2D eigenvalue weighted by Crippen LogP contribution is -2.54. The van der Waals surface area contributed by atoms with E-state index in [1.54, 1.807) is 41.9 Å². The molecular formula is C106H137FN16O11S2. The van der Waals surface area contributed by atoms with E-state index in [4.69, 9.17) is 16.9 Å². The van der Waals surface area contributed by atoms with Crippen LogP contribution in [0.2, 0.25) is 0 Å². The first-order valence-corrected chi connectivity index (χ1v) is 51.3. The molecule has 3 aliphatic carbocycles. The van der Waals surface area contributed by atoms with Crippen LogP contribution in [0.5, 0.6) is 0 Å². The van der Waals surface area contributed by atoms with E-state index >= 15 is 28.8 Å². The highest BCUT2D eigenvalue weighted by molar-refractivity contribution is 8.00. The molecule has 136 heavy (non-hydrogen) atoms. The second-order valence-electron chi connectivity index (χ2n) is 38.7. The average Bonchev–Trinajstić information content (AvgIpc) is 1.54. The van der Waals surface area contributed by atoms with Crippen LogP contribution in [0.1, 0.15) is 178 Å². The van der Waals surface area contributed by atoms with Crippen LogP contribution in [0.15, 0.2) is 164 Å². The van der Waals surface area contributed by atoms with Gasteiger partial charge in [-0.1, -0.05) is 127 Å². The number of carbonyl (C=O) groups is 10. The molecule has 0 spiro atoms. The number of carbonyl (C=O) groups excluding carboxylic acids is 10. The van der Waals surface area contributed by atoms with E-state index in [1.165, 1.54) is 70.0 Å². The Kier molecular flexibility index (Phi) is 36.7. The number of halogens is 1. The SMILES string of the molecule is C[C@@H](O)[C@@H]1CC(=O)[C@H](CCCCN)NC(=O)[C@@H](Cc2c[nH]c3ccccc23)CC(=O)[C@H](Cc2ccccc2)NC(=O)[C@H](Cc2ccccc2)CC(=O)[C@H](CCCNC(=N)N)NC(=O)[C@H](NC[C@H](CCCCNC(=O)CSC[C@@H]2C[C@@H]3c4cccc5c4C(=CC5)C[C@H]3N(C)C2)NC(=O)CSC[C@@H]2C[C@@H]3c4cccc5[nH]cc(c45)C[C@H]3N(C)C2)CCCCNC(=O)[C@H](Cc2ccc(F)cc2)NC1=O. The number of Topliss-reactive ketones (excluding diaryl/α,β-unsaturated/α-hetero) is 3. The number of amides is 7. The lowest BCUT2D eigenvalue weighted by Gasteiger charge is -2.46. The van der Waals surface area contributed by atoms with Gasteiger partial charge in [-0.2, -0.15) is 23.5 Å². The number of hydrogen-bond donors (Lipinski definition) is 15. The molecule has 17 N–H and O–H groups in total. The number of nitrogens with zero attached hydrogens (tertiary/aromatic N) is 2. The molecule has 3 aliphatic heterocycles. The van der Waals surface area contributed by atoms with Gasteiger partial charge in [0.1, 0.15) is 11.9 Å². The number of para-hydroxylation sites is 1. The summed E-state index contributed by atoms with van der Waals surface area (Å²) >= 11 is 3.27. The molecule has 6 aliphatic rings. The van der Waals surface area contributed by atoms with Gasteiger partial charge in [0.25, 0.3) is 0 Å². The largest absolute Gasteiger partial charge is 0.393 e. The number of nitrogens with two attached hydrogens (primary N) is 2. The maximum atomic E-state index is 15.8. The Bertz CT molecular complexity index is 5480. The molecule has 0 unspecified atom stereocenters. The van der Waals surface area contributed by atoms with Gasteiger partial charge in [-0.15, -0.1) is 0 Å². The van der Waals surface area contributed by atoms with Crippen molar-refractivity contribution in [2.45, 2.75) is 221 Å². The van der Waals surface area contributed by atoms with Gasteiger partial charge in [0.15, 0.2) is 23.3 Å². The summed E-state index contributed by atoms with van der Waals surface area (Å²) in [4.78, 5) is 163. The van der Waals surface area contributed by atoms with Crippen LogP contribution < -0.4 is 59.3 Å². The Morgan fingerprint density at radius 3 is 1.87 bits per heavy atom. The van der Waals surface area contributed by atoms with E-state index < -0.39 is 132 Å². The number of aliphatic hydroxyl groups excluding tert-OH is 1. The first-order valence-electron chi connectivity index (χ1n) is 49.0. The highest BCUT2D eigenvalue weighted by Gasteiger charge is 2.44. The lowest BCUT2D eigenvalue weighted by atomic mass is 9.70. The number of guanidine groups is 1. The summed E-state index contributed by atoms with van der Waals surface area (Å²) in [5, 5.41) is 49.4. The van der Waals surface area contributed by atoms with Crippen molar-refractivity contribution in [3.8, 4) is 0 Å². The van der Waals surface area contributed by atoms with Gasteiger partial charge >= 0.3 is 0 Å². The highest BCUT2D eigenvalue weighted by Crippen LogP contribution is 2.50. The predicted molar refractivity (Wildman–Crippen MR) is 535 cm³/mol. The first kappa shape index (κ1) is 101. The molecule has 3 saturated heterocycles. The zero-order valence-electron chi connectivity index (χ0n) is 78.6. The maximum absolute atomic E-state index is 15.8. The summed E-state index contributed by atoms with van der Waals surface area (Å²) in [6, 6.07) is 38.5. The number of nitrogens with one attached hydrogen (secondary N) is 12. The molecule has 2 aromatic heterocycles. The molecule has 3 fully saturated rings. The third kappa shape index (κ3) is 27.6. The van der Waals surface area contributed by atoms with Gasteiger partial charge in [-0.25, -0.2) is 4.39 Å². The number of likely N-dealkylation sites (N-methyl/N-ethyl adjacent to an activating group) is 2. The third-order valence-corrected chi connectivity index (χ3v) is 31.0. The van der Waals surface area contributed by atoms with Crippen LogP contribution in [-0.4, -0.2) is 227 Å². The van der Waals surface area contributed by atoms with Crippen molar-refractivity contribution in [2.75, 3.05) is 82.9 Å². The van der Waals surface area contributed by atoms with Crippen molar-refractivity contribution < 1.29 is 57.4 Å². The third-order valence-electron chi connectivity index (χ3n) is 28.6. The molecule has 726 valence electrons. The Morgan fingerprint density at radius 2 is 1.15 bits per heavy atom. The van der Waals surface area contributed by atoms with Crippen LogP contribution in [0, 0.1) is 40.8 Å². The summed E-state index contributed by atoms with van der Waals surface area (Å²) in [5.74, 6) is -6.30. The van der Waals surface area contributed by atoms with E-state index in [2.05, 4.69) is 130 Å². The quantitative estimate of drug-likeness (QED) is 0.0101. The zero-order valence-corrected chi connectivity index (χ0v) is 80.3. The molecule has 0 bridgehead atoms. The molecule has 30 heteroatoms.